The topological polar surface area (TPSA) is 36.9 Å². The Kier molecular flexibility index (Phi) is 3.59. The number of imidazole rings is 1. The average molecular weight is 363 g/mol. The summed E-state index contributed by atoms with van der Waals surface area (Å²) in [5.74, 6) is 0. The SMILES string of the molecule is Cc1ccc(-n2c(=S)[nH]c3cc(Br)cnc32)cc1N(C)C. The lowest BCUT2D eigenvalue weighted by atomic mass is 10.1. The quantitative estimate of drug-likeness (QED) is 0.693. The largest absolute Gasteiger partial charge is 0.377 e. The second-order valence-corrected chi connectivity index (χ2v) is 6.46. The predicted molar refractivity (Wildman–Crippen MR) is 93.0 cm³/mol. The van der Waals surface area contributed by atoms with Crippen LogP contribution in [0.5, 0.6) is 0 Å². The van der Waals surface area contributed by atoms with Crippen LogP contribution in [0.1, 0.15) is 5.56 Å². The highest BCUT2D eigenvalue weighted by molar-refractivity contribution is 9.10. The third-order valence-electron chi connectivity index (χ3n) is 3.42. The molecular formula is C15H15BrN4S. The van der Waals surface area contributed by atoms with E-state index in [1.165, 1.54) is 11.3 Å². The molecule has 2 aromatic heterocycles. The van der Waals surface area contributed by atoms with E-state index in [1.807, 2.05) is 24.7 Å². The van der Waals surface area contributed by atoms with Crippen molar-refractivity contribution in [1.29, 1.82) is 0 Å². The molecule has 0 saturated heterocycles. The molecule has 108 valence electrons. The Balaban J connectivity index is 2.28. The lowest BCUT2D eigenvalue weighted by Gasteiger charge is -2.17. The number of benzene rings is 1. The second-order valence-electron chi connectivity index (χ2n) is 5.16. The van der Waals surface area contributed by atoms with Crippen LogP contribution in [0.3, 0.4) is 0 Å². The van der Waals surface area contributed by atoms with Crippen molar-refractivity contribution in [3.05, 3.63) is 45.3 Å². The summed E-state index contributed by atoms with van der Waals surface area (Å²) in [5, 5.41) is 0. The zero-order valence-electron chi connectivity index (χ0n) is 12.0. The van der Waals surface area contributed by atoms with Crippen molar-refractivity contribution in [3.63, 3.8) is 0 Å². The van der Waals surface area contributed by atoms with Crippen molar-refractivity contribution < 1.29 is 0 Å². The van der Waals surface area contributed by atoms with Crippen molar-refractivity contribution >= 4 is 45.0 Å². The van der Waals surface area contributed by atoms with Gasteiger partial charge in [-0.2, -0.15) is 0 Å². The number of rotatable bonds is 2. The summed E-state index contributed by atoms with van der Waals surface area (Å²) < 4.78 is 3.53. The van der Waals surface area contributed by atoms with Gasteiger partial charge in [0.2, 0.25) is 0 Å². The van der Waals surface area contributed by atoms with Crippen LogP contribution in [0.2, 0.25) is 0 Å². The van der Waals surface area contributed by atoms with Gasteiger partial charge in [-0.15, -0.1) is 0 Å². The molecule has 21 heavy (non-hydrogen) atoms. The van der Waals surface area contributed by atoms with Crippen molar-refractivity contribution in [2.75, 3.05) is 19.0 Å². The summed E-state index contributed by atoms with van der Waals surface area (Å²) >= 11 is 8.89. The Morgan fingerprint density at radius 3 is 2.76 bits per heavy atom. The van der Waals surface area contributed by atoms with Crippen molar-refractivity contribution in [1.82, 2.24) is 14.5 Å². The molecule has 4 nitrogen and oxygen atoms in total. The zero-order valence-corrected chi connectivity index (χ0v) is 14.4. The molecule has 0 unspecified atom stereocenters. The maximum atomic E-state index is 5.46. The highest BCUT2D eigenvalue weighted by Crippen LogP contribution is 2.25. The van der Waals surface area contributed by atoms with Gasteiger partial charge < -0.3 is 9.88 Å². The van der Waals surface area contributed by atoms with E-state index in [9.17, 15) is 0 Å². The molecule has 0 aliphatic carbocycles. The summed E-state index contributed by atoms with van der Waals surface area (Å²) in [6, 6.07) is 8.27. The number of aromatic amines is 1. The van der Waals surface area contributed by atoms with Gasteiger partial charge in [0.15, 0.2) is 10.4 Å². The van der Waals surface area contributed by atoms with Gasteiger partial charge in [-0.3, -0.25) is 4.57 Å². The Bertz CT molecular complexity index is 879. The van der Waals surface area contributed by atoms with Crippen LogP contribution in [0.15, 0.2) is 34.9 Å². The van der Waals surface area contributed by atoms with Gasteiger partial charge in [-0.05, 0) is 58.8 Å². The van der Waals surface area contributed by atoms with Gasteiger partial charge in [0.1, 0.15) is 0 Å². The molecule has 1 N–H and O–H groups in total. The summed E-state index contributed by atoms with van der Waals surface area (Å²) in [6.07, 6.45) is 1.78. The van der Waals surface area contributed by atoms with Crippen LogP contribution in [0, 0.1) is 11.7 Å². The van der Waals surface area contributed by atoms with E-state index >= 15 is 0 Å². The van der Waals surface area contributed by atoms with E-state index in [0.29, 0.717) is 4.77 Å². The third-order valence-corrected chi connectivity index (χ3v) is 4.14. The van der Waals surface area contributed by atoms with Crippen LogP contribution in [0.25, 0.3) is 16.9 Å². The monoisotopic (exact) mass is 362 g/mol. The fourth-order valence-electron chi connectivity index (χ4n) is 2.43. The van der Waals surface area contributed by atoms with E-state index in [0.717, 1.165) is 21.3 Å². The first-order chi connectivity index (χ1) is 9.97. The van der Waals surface area contributed by atoms with Crippen molar-refractivity contribution in [2.24, 2.45) is 0 Å². The minimum absolute atomic E-state index is 0.643. The van der Waals surface area contributed by atoms with Gasteiger partial charge in [-0.25, -0.2) is 4.98 Å². The number of nitrogens with zero attached hydrogens (tertiary/aromatic N) is 3. The number of aromatic nitrogens is 3. The Hall–Kier alpha value is -1.66. The molecule has 0 bridgehead atoms. The van der Waals surface area contributed by atoms with E-state index in [1.54, 1.807) is 6.20 Å². The summed E-state index contributed by atoms with van der Waals surface area (Å²) in [4.78, 5) is 9.78. The normalized spacial score (nSPS) is 11.0. The van der Waals surface area contributed by atoms with Gasteiger partial charge >= 0.3 is 0 Å². The number of fused-ring (bicyclic) bond motifs is 1. The highest BCUT2D eigenvalue weighted by atomic mass is 79.9. The maximum absolute atomic E-state index is 5.46. The number of aryl methyl sites for hydroxylation is 1. The molecule has 6 heteroatoms. The molecule has 3 rings (SSSR count). The number of anilines is 1. The van der Waals surface area contributed by atoms with Gasteiger partial charge in [0.05, 0.1) is 11.2 Å². The highest BCUT2D eigenvalue weighted by Gasteiger charge is 2.10. The van der Waals surface area contributed by atoms with E-state index in [2.05, 4.69) is 55.9 Å². The third kappa shape index (κ3) is 2.49. The Morgan fingerprint density at radius 2 is 2.05 bits per heavy atom. The lowest BCUT2D eigenvalue weighted by molar-refractivity contribution is 1.03. The Morgan fingerprint density at radius 1 is 1.29 bits per heavy atom. The smallest absolute Gasteiger partial charge is 0.183 e. The molecule has 0 saturated carbocycles. The zero-order chi connectivity index (χ0) is 15.1. The molecule has 1 aromatic carbocycles. The van der Waals surface area contributed by atoms with Crippen LogP contribution < -0.4 is 4.90 Å². The first kappa shape index (κ1) is 14.3. The average Bonchev–Trinajstić information content (AvgIpc) is 2.74. The summed E-state index contributed by atoms with van der Waals surface area (Å²) in [7, 11) is 4.08. The maximum Gasteiger partial charge on any atom is 0.183 e. The predicted octanol–water partition coefficient (Wildman–Crippen LogP) is 4.22. The molecular weight excluding hydrogens is 348 g/mol. The number of hydrogen-bond donors (Lipinski definition) is 1. The molecule has 0 atom stereocenters. The van der Waals surface area contributed by atoms with Crippen LogP contribution in [-0.4, -0.2) is 28.6 Å². The number of halogens is 1. The molecule has 0 aliphatic rings. The number of hydrogen-bond acceptors (Lipinski definition) is 3. The standard InChI is InChI=1S/C15H15BrN4S/c1-9-4-5-11(7-13(9)19(2)3)20-14-12(18-15(20)21)6-10(16)8-17-14/h4-8H,1-3H3,(H,18,21). The molecule has 0 amide bonds. The first-order valence-corrected chi connectivity index (χ1v) is 7.72. The molecule has 0 spiro atoms. The van der Waals surface area contributed by atoms with E-state index in [4.69, 9.17) is 12.2 Å². The van der Waals surface area contributed by atoms with Crippen LogP contribution >= 0.6 is 28.1 Å². The molecule has 0 fully saturated rings. The minimum Gasteiger partial charge on any atom is -0.377 e. The molecule has 3 aromatic rings. The van der Waals surface area contributed by atoms with Gasteiger partial charge in [-0.1, -0.05) is 6.07 Å². The molecule has 2 heterocycles. The number of pyridine rings is 1. The first-order valence-electron chi connectivity index (χ1n) is 6.52. The lowest BCUT2D eigenvalue weighted by Crippen LogP contribution is -2.11. The van der Waals surface area contributed by atoms with Crippen molar-refractivity contribution in [3.8, 4) is 5.69 Å². The van der Waals surface area contributed by atoms with E-state index < -0.39 is 0 Å². The number of H-pyrrole nitrogens is 1. The van der Waals surface area contributed by atoms with Crippen molar-refractivity contribution in [2.45, 2.75) is 6.92 Å². The van der Waals surface area contributed by atoms with Crippen LogP contribution in [0.4, 0.5) is 5.69 Å². The van der Waals surface area contributed by atoms with Crippen LogP contribution in [-0.2, 0) is 0 Å². The fraction of sp³-hybridized carbons (Fsp3) is 0.200. The fourth-order valence-corrected chi connectivity index (χ4v) is 3.06. The summed E-state index contributed by atoms with van der Waals surface area (Å²) in [5.41, 5.74) is 5.15. The molecule has 0 radical (unpaired) electrons. The second kappa shape index (κ2) is 5.27. The molecule has 0 aliphatic heterocycles. The number of nitrogens with one attached hydrogen (secondary N) is 1. The Labute approximate surface area is 136 Å². The van der Waals surface area contributed by atoms with Gasteiger partial charge in [0.25, 0.3) is 0 Å². The minimum atomic E-state index is 0.643. The van der Waals surface area contributed by atoms with E-state index in [-0.39, 0.29) is 0 Å². The van der Waals surface area contributed by atoms with Gasteiger partial charge in [0, 0.05) is 30.5 Å². The summed E-state index contributed by atoms with van der Waals surface area (Å²) in [6.45, 7) is 2.10.